The van der Waals surface area contributed by atoms with Crippen molar-refractivity contribution >= 4 is 48.9 Å². The highest BCUT2D eigenvalue weighted by Crippen LogP contribution is 2.42. The molecule has 9 aromatic carbocycles. The maximum atomic E-state index is 7.61. The van der Waals surface area contributed by atoms with Crippen LogP contribution in [-0.4, -0.2) is 19.9 Å². The SMILES string of the molecule is [C-]#[N+]c1cccc(-c2cc3c4ccccc4c(-c4ccc5cc(-c6cccc(-c7nc(-c8ccccc8)nc(-c8ccccc8)n7)c6)ccc5c4)cc3c3cccnc23)c1. The minimum absolute atomic E-state index is 0.614. The fourth-order valence-corrected chi connectivity index (χ4v) is 8.40. The van der Waals surface area contributed by atoms with Gasteiger partial charge in [-0.2, -0.15) is 0 Å². The molecule has 60 heavy (non-hydrogen) atoms. The second-order valence-corrected chi connectivity index (χ2v) is 14.9. The molecule has 0 unspecified atom stereocenters. The summed E-state index contributed by atoms with van der Waals surface area (Å²) < 4.78 is 0. The summed E-state index contributed by atoms with van der Waals surface area (Å²) >= 11 is 0. The highest BCUT2D eigenvalue weighted by atomic mass is 15.0. The third-order valence-corrected chi connectivity index (χ3v) is 11.3. The monoisotopic (exact) mass is 763 g/mol. The molecule has 5 nitrogen and oxygen atoms in total. The second kappa shape index (κ2) is 14.6. The molecule has 11 aromatic rings. The van der Waals surface area contributed by atoms with E-state index >= 15 is 0 Å². The largest absolute Gasteiger partial charge is 0.256 e. The maximum Gasteiger partial charge on any atom is 0.187 e. The van der Waals surface area contributed by atoms with Crippen LogP contribution in [0.15, 0.2) is 200 Å². The van der Waals surface area contributed by atoms with E-state index in [9.17, 15) is 0 Å². The lowest BCUT2D eigenvalue weighted by Crippen LogP contribution is -2.00. The molecule has 278 valence electrons. The van der Waals surface area contributed by atoms with Crippen molar-refractivity contribution in [3.05, 3.63) is 212 Å². The molecule has 0 saturated carbocycles. The molecule has 0 bridgehead atoms. The zero-order chi connectivity index (χ0) is 40.0. The third-order valence-electron chi connectivity index (χ3n) is 11.3. The van der Waals surface area contributed by atoms with Crippen molar-refractivity contribution in [2.45, 2.75) is 0 Å². The van der Waals surface area contributed by atoms with Gasteiger partial charge in [-0.1, -0.05) is 152 Å². The maximum absolute atomic E-state index is 7.61. The molecule has 5 heteroatoms. The summed E-state index contributed by atoms with van der Waals surface area (Å²) in [6.07, 6.45) is 1.85. The number of pyridine rings is 1. The Hall–Kier alpha value is -8.33. The van der Waals surface area contributed by atoms with Crippen LogP contribution in [0, 0.1) is 6.57 Å². The summed E-state index contributed by atoms with van der Waals surface area (Å²) in [4.78, 5) is 23.4. The fourth-order valence-electron chi connectivity index (χ4n) is 8.40. The first-order chi connectivity index (χ1) is 29.7. The lowest BCUT2D eigenvalue weighted by molar-refractivity contribution is 1.07. The van der Waals surface area contributed by atoms with Crippen molar-refractivity contribution < 1.29 is 0 Å². The summed E-state index contributed by atoms with van der Waals surface area (Å²) in [5.41, 5.74) is 10.9. The van der Waals surface area contributed by atoms with Gasteiger partial charge in [0.25, 0.3) is 0 Å². The smallest absolute Gasteiger partial charge is 0.187 e. The van der Waals surface area contributed by atoms with Crippen LogP contribution < -0.4 is 0 Å². The predicted molar refractivity (Wildman–Crippen MR) is 247 cm³/mol. The summed E-state index contributed by atoms with van der Waals surface area (Å²) in [6, 6.07) is 67.3. The van der Waals surface area contributed by atoms with E-state index in [4.69, 9.17) is 26.5 Å². The van der Waals surface area contributed by atoms with Crippen molar-refractivity contribution in [2.75, 3.05) is 0 Å². The molecular formula is C55H33N5. The number of hydrogen-bond donors (Lipinski definition) is 0. The molecular weight excluding hydrogens is 731 g/mol. The number of hydrogen-bond acceptors (Lipinski definition) is 4. The molecule has 0 aliphatic carbocycles. The van der Waals surface area contributed by atoms with Crippen LogP contribution in [0.25, 0.3) is 116 Å². The minimum Gasteiger partial charge on any atom is -0.256 e. The Bertz CT molecular complexity index is 3440. The summed E-state index contributed by atoms with van der Waals surface area (Å²) in [5, 5.41) is 8.08. The van der Waals surface area contributed by atoms with Crippen LogP contribution >= 0.6 is 0 Å². The quantitative estimate of drug-likeness (QED) is 0.125. The lowest BCUT2D eigenvalue weighted by atomic mass is 9.88. The minimum atomic E-state index is 0.614. The van der Waals surface area contributed by atoms with Gasteiger partial charge in [-0.15, -0.1) is 0 Å². The van der Waals surface area contributed by atoms with Gasteiger partial charge >= 0.3 is 0 Å². The van der Waals surface area contributed by atoms with E-state index in [1.807, 2.05) is 91.1 Å². The van der Waals surface area contributed by atoms with Gasteiger partial charge < -0.3 is 0 Å². The fraction of sp³-hybridized carbons (Fsp3) is 0. The van der Waals surface area contributed by atoms with Gasteiger partial charge in [-0.05, 0) is 103 Å². The molecule has 11 rings (SSSR count). The van der Waals surface area contributed by atoms with E-state index in [0.29, 0.717) is 23.2 Å². The number of benzene rings is 9. The zero-order valence-corrected chi connectivity index (χ0v) is 32.3. The topological polar surface area (TPSA) is 55.9 Å². The number of fused-ring (bicyclic) bond motifs is 6. The van der Waals surface area contributed by atoms with Crippen LogP contribution in [0.1, 0.15) is 0 Å². The average molecular weight is 764 g/mol. The highest BCUT2D eigenvalue weighted by Gasteiger charge is 2.17. The van der Waals surface area contributed by atoms with Crippen molar-refractivity contribution in [3.8, 4) is 67.5 Å². The van der Waals surface area contributed by atoms with E-state index < -0.39 is 0 Å². The van der Waals surface area contributed by atoms with Crippen molar-refractivity contribution in [2.24, 2.45) is 0 Å². The molecule has 0 saturated heterocycles. The number of nitrogens with zero attached hydrogens (tertiary/aromatic N) is 5. The standard InChI is InChI=1S/C55H33N5/c1-56-44-20-11-18-41(32-44)49-34-50-46-22-9-8-21-45(46)48(33-51(50)47-23-12-28-57-52(47)49)42-27-26-39-29-38(24-25-40(39)30-42)37-17-10-19-43(31-37)55-59-53(35-13-4-2-5-14-35)58-54(60-55)36-15-6-3-7-16-36/h2-34H. The molecule has 0 atom stereocenters. The first-order valence-electron chi connectivity index (χ1n) is 19.9. The molecule has 0 aliphatic rings. The molecule has 0 amide bonds. The highest BCUT2D eigenvalue weighted by molar-refractivity contribution is 6.23. The zero-order valence-electron chi connectivity index (χ0n) is 32.3. The third kappa shape index (κ3) is 6.21. The van der Waals surface area contributed by atoms with E-state index in [1.54, 1.807) is 0 Å². The van der Waals surface area contributed by atoms with Crippen molar-refractivity contribution in [1.29, 1.82) is 0 Å². The van der Waals surface area contributed by atoms with Crippen LogP contribution in [0.4, 0.5) is 5.69 Å². The van der Waals surface area contributed by atoms with Gasteiger partial charge in [0.15, 0.2) is 23.2 Å². The average Bonchev–Trinajstić information content (AvgIpc) is 3.33. The van der Waals surface area contributed by atoms with Crippen LogP contribution in [-0.2, 0) is 0 Å². The molecule has 2 aromatic heterocycles. The molecule has 0 N–H and O–H groups in total. The number of rotatable bonds is 6. The van der Waals surface area contributed by atoms with E-state index in [-0.39, 0.29) is 0 Å². The molecule has 0 fully saturated rings. The van der Waals surface area contributed by atoms with Gasteiger partial charge in [0.05, 0.1) is 12.1 Å². The Morgan fingerprint density at radius 1 is 0.333 bits per heavy atom. The van der Waals surface area contributed by atoms with Crippen LogP contribution in [0.2, 0.25) is 0 Å². The Morgan fingerprint density at radius 3 is 1.58 bits per heavy atom. The summed E-state index contributed by atoms with van der Waals surface area (Å²) in [6.45, 7) is 7.61. The van der Waals surface area contributed by atoms with E-state index in [0.717, 1.165) is 77.0 Å². The van der Waals surface area contributed by atoms with E-state index in [2.05, 4.69) is 114 Å². The van der Waals surface area contributed by atoms with Gasteiger partial charge in [-0.3, -0.25) is 4.98 Å². The second-order valence-electron chi connectivity index (χ2n) is 14.9. The Kier molecular flexibility index (Phi) is 8.46. The molecule has 0 spiro atoms. The van der Waals surface area contributed by atoms with E-state index in [1.165, 1.54) is 16.3 Å². The number of aromatic nitrogens is 4. The Balaban J connectivity index is 0.995. The summed E-state index contributed by atoms with van der Waals surface area (Å²) in [7, 11) is 0. The predicted octanol–water partition coefficient (Wildman–Crippen LogP) is 14.4. The van der Waals surface area contributed by atoms with Gasteiger partial charge in [0.2, 0.25) is 0 Å². The molecule has 0 radical (unpaired) electrons. The van der Waals surface area contributed by atoms with Crippen molar-refractivity contribution in [1.82, 2.24) is 19.9 Å². The van der Waals surface area contributed by atoms with Gasteiger partial charge in [0, 0.05) is 33.8 Å². The lowest BCUT2D eigenvalue weighted by Gasteiger charge is -2.16. The Labute approximate surface area is 346 Å². The van der Waals surface area contributed by atoms with Crippen molar-refractivity contribution in [3.63, 3.8) is 0 Å². The molecule has 0 aliphatic heterocycles. The first-order valence-corrected chi connectivity index (χ1v) is 19.9. The normalized spacial score (nSPS) is 11.3. The Morgan fingerprint density at radius 2 is 0.850 bits per heavy atom. The van der Waals surface area contributed by atoms with Gasteiger partial charge in [0.1, 0.15) is 0 Å². The molecule has 2 heterocycles. The summed E-state index contributed by atoms with van der Waals surface area (Å²) in [5.74, 6) is 1.92. The first kappa shape index (κ1) is 34.9. The van der Waals surface area contributed by atoms with Gasteiger partial charge in [-0.25, -0.2) is 19.8 Å². The van der Waals surface area contributed by atoms with Crippen LogP contribution in [0.3, 0.4) is 0 Å². The van der Waals surface area contributed by atoms with Crippen LogP contribution in [0.5, 0.6) is 0 Å².